The molecule has 0 N–H and O–H groups in total. The summed E-state index contributed by atoms with van der Waals surface area (Å²) in [5, 5.41) is 9.21. The molecule has 0 saturated heterocycles. The Kier molecular flexibility index (Phi) is 11.2. The van der Waals surface area contributed by atoms with Crippen molar-refractivity contribution >= 4 is 42.6 Å². The number of hydrogen-bond acceptors (Lipinski definition) is 10. The maximum Gasteiger partial charge on any atom is 0.264 e. The Hall–Kier alpha value is -4.26. The first-order valence-electron chi connectivity index (χ1n) is 13.8. The van der Waals surface area contributed by atoms with E-state index >= 15 is 0 Å². The van der Waals surface area contributed by atoms with Crippen molar-refractivity contribution in [3.8, 4) is 17.6 Å². The molecule has 0 fully saturated rings. The highest BCUT2D eigenvalue weighted by molar-refractivity contribution is 7.92. The minimum absolute atomic E-state index is 0.110. The molecular weight excluding hydrogens is 651 g/mol. The van der Waals surface area contributed by atoms with Gasteiger partial charge in [0.25, 0.3) is 10.1 Å². The normalized spacial score (nSPS) is 12.2. The van der Waals surface area contributed by atoms with Crippen LogP contribution in [0.3, 0.4) is 0 Å². The Morgan fingerprint density at radius 2 is 1.39 bits per heavy atom. The second kappa shape index (κ2) is 14.9. The van der Waals surface area contributed by atoms with Crippen molar-refractivity contribution < 1.29 is 34.5 Å². The number of nitriles is 1. The minimum atomic E-state index is -3.66. The van der Waals surface area contributed by atoms with Gasteiger partial charge in [-0.05, 0) is 77.7 Å². The molecule has 4 rings (SSSR count). The van der Waals surface area contributed by atoms with E-state index in [1.165, 1.54) is 0 Å². The van der Waals surface area contributed by atoms with Gasteiger partial charge in [0.2, 0.25) is 0 Å². The predicted octanol–water partition coefficient (Wildman–Crippen LogP) is 4.94. The topological polar surface area (TPSA) is 157 Å². The lowest BCUT2D eigenvalue weighted by molar-refractivity contribution is 0.311. The van der Waals surface area contributed by atoms with Crippen LogP contribution >= 0.6 is 0 Å². The largest absolute Gasteiger partial charge is 0.755 e. The zero-order valence-corrected chi connectivity index (χ0v) is 27.8. The van der Waals surface area contributed by atoms with Gasteiger partial charge in [-0.25, -0.2) is 8.42 Å². The predicted molar refractivity (Wildman–Crippen MR) is 176 cm³/mol. The van der Waals surface area contributed by atoms with Crippen LogP contribution < -0.4 is 13.9 Å². The van der Waals surface area contributed by atoms with Gasteiger partial charge in [-0.1, -0.05) is 42.5 Å². The van der Waals surface area contributed by atoms with Crippen LogP contribution in [0, 0.1) is 18.3 Å². The molecular formula is C32H32N3O8S3-. The third-order valence-electron chi connectivity index (χ3n) is 6.74. The molecule has 0 aromatic heterocycles. The summed E-state index contributed by atoms with van der Waals surface area (Å²) in [6.45, 7) is 2.44. The Labute approximate surface area is 272 Å². The van der Waals surface area contributed by atoms with E-state index in [-0.39, 0.29) is 12.3 Å². The summed E-state index contributed by atoms with van der Waals surface area (Å²) in [5.74, 6) is 0.362. The second-order valence-electron chi connectivity index (χ2n) is 10.6. The Morgan fingerprint density at radius 1 is 0.804 bits per heavy atom. The average Bonchev–Trinajstić information content (AvgIpc) is 2.99. The number of ether oxygens (including phenoxy) is 1. The van der Waals surface area contributed by atoms with Crippen molar-refractivity contribution in [1.29, 1.82) is 5.26 Å². The standard InChI is InChI=1S/C32H33N3O8S3/c1-24-31(8-5-9-32(24)35(44(36)37)23-45(2,38)39)34(20-26-12-10-25(19-33)11-13-26)21-27-14-16-29(17-15-27)43-30-7-4-6-28(18-30)22-42-46(3,40)41/h4-18H,20-23H2,1-3H3,(H,36,37)/p-1. The molecule has 0 spiro atoms. The van der Waals surface area contributed by atoms with E-state index in [1.54, 1.807) is 67.6 Å². The van der Waals surface area contributed by atoms with Crippen LogP contribution in [0.5, 0.6) is 11.5 Å². The maximum absolute atomic E-state index is 12.1. The molecule has 0 saturated carbocycles. The van der Waals surface area contributed by atoms with E-state index in [4.69, 9.17) is 8.92 Å². The van der Waals surface area contributed by atoms with Gasteiger partial charge in [0.15, 0.2) is 9.84 Å². The van der Waals surface area contributed by atoms with Gasteiger partial charge >= 0.3 is 0 Å². The fourth-order valence-electron chi connectivity index (χ4n) is 4.65. The van der Waals surface area contributed by atoms with Crippen LogP contribution in [0.15, 0.2) is 91.0 Å². The highest BCUT2D eigenvalue weighted by Crippen LogP contribution is 2.33. The highest BCUT2D eigenvalue weighted by Gasteiger charge is 2.20. The molecule has 242 valence electrons. The number of rotatable bonds is 14. The third-order valence-corrected chi connectivity index (χ3v) is 8.87. The first-order valence-corrected chi connectivity index (χ1v) is 18.7. The van der Waals surface area contributed by atoms with E-state index in [2.05, 4.69) is 6.07 Å². The number of benzene rings is 4. The Morgan fingerprint density at radius 3 is 1.96 bits per heavy atom. The zero-order valence-electron chi connectivity index (χ0n) is 25.3. The smallest absolute Gasteiger partial charge is 0.264 e. The number of anilines is 2. The summed E-state index contributed by atoms with van der Waals surface area (Å²) in [5.41, 5.74) is 4.47. The Balaban J connectivity index is 1.61. The molecule has 0 heterocycles. The first-order chi connectivity index (χ1) is 21.7. The monoisotopic (exact) mass is 682 g/mol. The van der Waals surface area contributed by atoms with E-state index in [0.29, 0.717) is 47.0 Å². The molecule has 0 aliphatic heterocycles. The lowest BCUT2D eigenvalue weighted by atomic mass is 10.1. The first kappa shape index (κ1) is 34.6. The summed E-state index contributed by atoms with van der Waals surface area (Å²) in [4.78, 5) is 2.04. The number of nitrogens with zero attached hydrogens (tertiary/aromatic N) is 3. The van der Waals surface area contributed by atoms with Crippen LogP contribution in [0.25, 0.3) is 0 Å². The van der Waals surface area contributed by atoms with Gasteiger partial charge in [0.1, 0.15) is 17.4 Å². The number of hydrogen-bond donors (Lipinski definition) is 0. The average molecular weight is 683 g/mol. The van der Waals surface area contributed by atoms with Crippen LogP contribution in [-0.2, 0) is 55.1 Å². The molecule has 0 aliphatic rings. The SMILES string of the molecule is Cc1c(N(Cc2ccc(C#N)cc2)Cc2ccc(Oc3cccc(COS(C)(=O)=O)c3)cc2)cccc1N(CS(C)(=O)=O)S(=O)[O-]. The molecule has 11 nitrogen and oxygen atoms in total. The van der Waals surface area contributed by atoms with E-state index in [1.807, 2.05) is 35.2 Å². The van der Waals surface area contributed by atoms with Crippen LogP contribution in [-0.4, -0.2) is 44.0 Å². The fraction of sp³-hybridized carbons (Fsp3) is 0.219. The molecule has 4 aromatic rings. The summed E-state index contributed by atoms with van der Waals surface area (Å²) in [6.07, 6.45) is 1.96. The van der Waals surface area contributed by atoms with Crippen LogP contribution in [0.1, 0.15) is 27.8 Å². The van der Waals surface area contributed by atoms with Gasteiger partial charge in [0, 0.05) is 36.3 Å². The van der Waals surface area contributed by atoms with Crippen molar-refractivity contribution in [3.63, 3.8) is 0 Å². The van der Waals surface area contributed by atoms with E-state index < -0.39 is 37.1 Å². The van der Waals surface area contributed by atoms with Gasteiger partial charge in [-0.15, -0.1) is 0 Å². The van der Waals surface area contributed by atoms with E-state index in [9.17, 15) is 30.9 Å². The quantitative estimate of drug-likeness (QED) is 0.132. The van der Waals surface area contributed by atoms with Crippen molar-refractivity contribution in [1.82, 2.24) is 0 Å². The van der Waals surface area contributed by atoms with Crippen molar-refractivity contribution in [2.24, 2.45) is 0 Å². The summed E-state index contributed by atoms with van der Waals surface area (Å²) in [6, 6.07) is 28.6. The molecule has 4 aromatic carbocycles. The maximum atomic E-state index is 12.1. The van der Waals surface area contributed by atoms with Crippen molar-refractivity contribution in [2.45, 2.75) is 26.6 Å². The van der Waals surface area contributed by atoms with Crippen LogP contribution in [0.2, 0.25) is 0 Å². The molecule has 1 atom stereocenters. The van der Waals surface area contributed by atoms with Gasteiger partial charge < -0.3 is 14.2 Å². The van der Waals surface area contributed by atoms with Gasteiger partial charge in [0.05, 0.1) is 30.2 Å². The summed E-state index contributed by atoms with van der Waals surface area (Å²) in [7, 11) is -7.24. The molecule has 0 aliphatic carbocycles. The summed E-state index contributed by atoms with van der Waals surface area (Å²) >= 11 is -2.83. The third kappa shape index (κ3) is 10.1. The van der Waals surface area contributed by atoms with Gasteiger partial charge in [-0.3, -0.25) is 12.7 Å². The summed E-state index contributed by atoms with van der Waals surface area (Å²) < 4.78 is 82.5. The fourth-order valence-corrected chi connectivity index (χ4v) is 6.85. The van der Waals surface area contributed by atoms with Crippen molar-refractivity contribution in [2.75, 3.05) is 27.6 Å². The molecule has 14 heteroatoms. The molecule has 46 heavy (non-hydrogen) atoms. The molecule has 1 unspecified atom stereocenters. The molecule has 0 radical (unpaired) electrons. The molecule has 0 bridgehead atoms. The number of sulfone groups is 1. The van der Waals surface area contributed by atoms with Crippen molar-refractivity contribution in [3.05, 3.63) is 119 Å². The lowest BCUT2D eigenvalue weighted by Gasteiger charge is -2.31. The van der Waals surface area contributed by atoms with Crippen LogP contribution in [0.4, 0.5) is 11.4 Å². The highest BCUT2D eigenvalue weighted by atomic mass is 32.2. The second-order valence-corrected chi connectivity index (χ2v) is 15.2. The van der Waals surface area contributed by atoms with Gasteiger partial charge in [-0.2, -0.15) is 13.7 Å². The van der Waals surface area contributed by atoms with E-state index in [0.717, 1.165) is 27.9 Å². The Bertz CT molecular complexity index is 1960. The lowest BCUT2D eigenvalue weighted by Crippen LogP contribution is -2.32. The minimum Gasteiger partial charge on any atom is -0.755 e. The molecule has 0 amide bonds. The zero-order chi connectivity index (χ0) is 33.5.